The maximum atomic E-state index is 10.9. The van der Waals surface area contributed by atoms with Crippen LogP contribution in [0.25, 0.3) is 11.5 Å². The second-order valence-electron chi connectivity index (χ2n) is 3.34. The highest BCUT2D eigenvalue weighted by Crippen LogP contribution is 2.26. The maximum Gasteiger partial charge on any atom is 0.373 e. The van der Waals surface area contributed by atoms with Crippen molar-refractivity contribution in [1.29, 1.82) is 0 Å². The van der Waals surface area contributed by atoms with Crippen LogP contribution in [-0.2, 0) is 6.42 Å². The molecule has 5 heteroatoms. The number of aromatic nitrogens is 1. The standard InChI is InChI=1S/C11H11NO4/c1-3-8-9(11(13)14)16-10(12-8)7-4-5-15-6(7)2/h4-5H,3H2,1-2H3,(H,13,14). The Balaban J connectivity index is 2.52. The van der Waals surface area contributed by atoms with Crippen molar-refractivity contribution in [2.75, 3.05) is 0 Å². The van der Waals surface area contributed by atoms with Gasteiger partial charge in [-0.25, -0.2) is 9.78 Å². The number of hydrogen-bond acceptors (Lipinski definition) is 4. The molecule has 0 aliphatic heterocycles. The molecular weight excluding hydrogens is 210 g/mol. The van der Waals surface area contributed by atoms with Crippen molar-refractivity contribution in [3.8, 4) is 11.5 Å². The van der Waals surface area contributed by atoms with Crippen LogP contribution in [-0.4, -0.2) is 16.1 Å². The van der Waals surface area contributed by atoms with Gasteiger partial charge in [-0.15, -0.1) is 0 Å². The molecule has 0 amide bonds. The third-order valence-electron chi connectivity index (χ3n) is 2.32. The zero-order chi connectivity index (χ0) is 11.7. The van der Waals surface area contributed by atoms with Gasteiger partial charge in [-0.2, -0.15) is 0 Å². The number of carboxylic acids is 1. The summed E-state index contributed by atoms with van der Waals surface area (Å²) in [6, 6.07) is 1.70. The van der Waals surface area contributed by atoms with E-state index in [2.05, 4.69) is 4.98 Å². The summed E-state index contributed by atoms with van der Waals surface area (Å²) >= 11 is 0. The van der Waals surface area contributed by atoms with E-state index >= 15 is 0 Å². The highest BCUT2D eigenvalue weighted by molar-refractivity contribution is 5.86. The van der Waals surface area contributed by atoms with Gasteiger partial charge in [0.25, 0.3) is 0 Å². The lowest BCUT2D eigenvalue weighted by atomic mass is 10.2. The second-order valence-corrected chi connectivity index (χ2v) is 3.34. The fourth-order valence-electron chi connectivity index (χ4n) is 1.48. The Morgan fingerprint density at radius 1 is 1.56 bits per heavy atom. The van der Waals surface area contributed by atoms with E-state index in [0.717, 1.165) is 0 Å². The Kier molecular flexibility index (Phi) is 2.52. The highest BCUT2D eigenvalue weighted by Gasteiger charge is 2.20. The predicted octanol–water partition coefficient (Wildman–Crippen LogP) is 2.50. The fourth-order valence-corrected chi connectivity index (χ4v) is 1.48. The molecule has 84 valence electrons. The highest BCUT2D eigenvalue weighted by atomic mass is 16.4. The summed E-state index contributed by atoms with van der Waals surface area (Å²) in [4.78, 5) is 15.0. The Hall–Kier alpha value is -2.04. The van der Waals surface area contributed by atoms with E-state index in [0.29, 0.717) is 29.3 Å². The lowest BCUT2D eigenvalue weighted by Gasteiger charge is -1.90. The molecule has 2 rings (SSSR count). The molecule has 0 fully saturated rings. The van der Waals surface area contributed by atoms with Crippen LogP contribution in [0, 0.1) is 6.92 Å². The van der Waals surface area contributed by atoms with Crippen LogP contribution in [0.1, 0.15) is 28.9 Å². The van der Waals surface area contributed by atoms with Crippen molar-refractivity contribution in [3.63, 3.8) is 0 Å². The van der Waals surface area contributed by atoms with Crippen LogP contribution in [0.2, 0.25) is 0 Å². The summed E-state index contributed by atoms with van der Waals surface area (Å²) in [6.07, 6.45) is 2.03. The van der Waals surface area contributed by atoms with E-state index in [-0.39, 0.29) is 5.76 Å². The van der Waals surface area contributed by atoms with Crippen LogP contribution in [0.4, 0.5) is 0 Å². The largest absolute Gasteiger partial charge is 0.475 e. The molecule has 0 spiro atoms. The zero-order valence-corrected chi connectivity index (χ0v) is 8.98. The maximum absolute atomic E-state index is 10.9. The third kappa shape index (κ3) is 1.60. The molecular formula is C11H11NO4. The number of carboxylic acid groups (broad SMARTS) is 1. The smallest absolute Gasteiger partial charge is 0.373 e. The minimum Gasteiger partial charge on any atom is -0.475 e. The van der Waals surface area contributed by atoms with Crippen LogP contribution < -0.4 is 0 Å². The fraction of sp³-hybridized carbons (Fsp3) is 0.273. The average molecular weight is 221 g/mol. The van der Waals surface area contributed by atoms with Crippen molar-refractivity contribution >= 4 is 5.97 Å². The molecule has 2 aromatic rings. The molecule has 0 aromatic carbocycles. The second kappa shape index (κ2) is 3.84. The third-order valence-corrected chi connectivity index (χ3v) is 2.32. The van der Waals surface area contributed by atoms with Gasteiger partial charge in [0.05, 0.1) is 17.5 Å². The van der Waals surface area contributed by atoms with Crippen LogP contribution in [0.5, 0.6) is 0 Å². The number of furan rings is 1. The Morgan fingerprint density at radius 3 is 2.75 bits per heavy atom. The molecule has 0 aliphatic carbocycles. The predicted molar refractivity (Wildman–Crippen MR) is 55.3 cm³/mol. The SMILES string of the molecule is CCc1nc(-c2ccoc2C)oc1C(=O)O. The monoisotopic (exact) mass is 221 g/mol. The van der Waals surface area contributed by atoms with Crippen molar-refractivity contribution in [2.24, 2.45) is 0 Å². The summed E-state index contributed by atoms with van der Waals surface area (Å²) in [6.45, 7) is 3.60. The Bertz CT molecular complexity index is 524. The van der Waals surface area contributed by atoms with E-state index in [1.165, 1.54) is 6.26 Å². The van der Waals surface area contributed by atoms with E-state index < -0.39 is 5.97 Å². The quantitative estimate of drug-likeness (QED) is 0.861. The Morgan fingerprint density at radius 2 is 2.31 bits per heavy atom. The summed E-state index contributed by atoms with van der Waals surface area (Å²) < 4.78 is 10.3. The van der Waals surface area contributed by atoms with Crippen molar-refractivity contribution < 1.29 is 18.7 Å². The molecule has 0 atom stereocenters. The number of rotatable bonds is 3. The molecule has 1 N–H and O–H groups in total. The first-order chi connectivity index (χ1) is 7.63. The first kappa shape index (κ1) is 10.5. The summed E-state index contributed by atoms with van der Waals surface area (Å²) in [7, 11) is 0. The first-order valence-electron chi connectivity index (χ1n) is 4.91. The van der Waals surface area contributed by atoms with E-state index in [9.17, 15) is 4.79 Å². The molecule has 0 saturated heterocycles. The molecule has 16 heavy (non-hydrogen) atoms. The lowest BCUT2D eigenvalue weighted by Crippen LogP contribution is -1.98. The number of oxazole rings is 1. The molecule has 2 aromatic heterocycles. The Labute approximate surface area is 91.7 Å². The van der Waals surface area contributed by atoms with E-state index in [4.69, 9.17) is 13.9 Å². The van der Waals surface area contributed by atoms with Crippen LogP contribution in [0.3, 0.4) is 0 Å². The van der Waals surface area contributed by atoms with Gasteiger partial charge in [0, 0.05) is 0 Å². The van der Waals surface area contributed by atoms with Gasteiger partial charge < -0.3 is 13.9 Å². The van der Waals surface area contributed by atoms with Gasteiger partial charge in [-0.3, -0.25) is 0 Å². The van der Waals surface area contributed by atoms with Gasteiger partial charge in [0.2, 0.25) is 11.7 Å². The zero-order valence-electron chi connectivity index (χ0n) is 8.98. The number of carbonyl (C=O) groups is 1. The van der Waals surface area contributed by atoms with Gasteiger partial charge >= 0.3 is 5.97 Å². The molecule has 2 heterocycles. The molecule has 0 bridgehead atoms. The van der Waals surface area contributed by atoms with Crippen molar-refractivity contribution in [1.82, 2.24) is 4.98 Å². The van der Waals surface area contributed by atoms with Crippen molar-refractivity contribution in [3.05, 3.63) is 29.5 Å². The number of aryl methyl sites for hydroxylation is 2. The number of aromatic carboxylic acids is 1. The molecule has 0 saturated carbocycles. The number of hydrogen-bond donors (Lipinski definition) is 1. The molecule has 5 nitrogen and oxygen atoms in total. The minimum atomic E-state index is -1.10. The van der Waals surface area contributed by atoms with Gasteiger partial charge in [0.1, 0.15) is 5.76 Å². The van der Waals surface area contributed by atoms with E-state index in [1.807, 2.05) is 6.92 Å². The normalized spacial score (nSPS) is 10.6. The lowest BCUT2D eigenvalue weighted by molar-refractivity contribution is 0.0662. The van der Waals surface area contributed by atoms with Crippen LogP contribution in [0.15, 0.2) is 21.2 Å². The van der Waals surface area contributed by atoms with Crippen LogP contribution >= 0.6 is 0 Å². The summed E-state index contributed by atoms with van der Waals surface area (Å²) in [5, 5.41) is 8.92. The average Bonchev–Trinajstić information content (AvgIpc) is 2.82. The van der Waals surface area contributed by atoms with Gasteiger partial charge in [-0.1, -0.05) is 6.92 Å². The van der Waals surface area contributed by atoms with Crippen molar-refractivity contribution in [2.45, 2.75) is 20.3 Å². The first-order valence-corrected chi connectivity index (χ1v) is 4.91. The summed E-state index contributed by atoms with van der Waals surface area (Å²) in [5.74, 6) is -0.254. The number of nitrogens with zero attached hydrogens (tertiary/aromatic N) is 1. The van der Waals surface area contributed by atoms with Gasteiger partial charge in [0.15, 0.2) is 0 Å². The topological polar surface area (TPSA) is 76.5 Å². The molecule has 0 radical (unpaired) electrons. The summed E-state index contributed by atoms with van der Waals surface area (Å²) in [5.41, 5.74) is 1.13. The van der Waals surface area contributed by atoms with Gasteiger partial charge in [-0.05, 0) is 19.4 Å². The molecule has 0 unspecified atom stereocenters. The molecule has 0 aliphatic rings. The van der Waals surface area contributed by atoms with E-state index in [1.54, 1.807) is 13.0 Å². The minimum absolute atomic E-state index is 0.0990.